The minimum absolute atomic E-state index is 0.308. The second-order valence-corrected chi connectivity index (χ2v) is 5.57. The number of quaternary nitrogens is 1. The summed E-state index contributed by atoms with van der Waals surface area (Å²) in [4.78, 5) is 13.7. The van der Waals surface area contributed by atoms with Crippen molar-refractivity contribution in [1.82, 2.24) is 0 Å². The molecule has 0 saturated carbocycles. The highest BCUT2D eigenvalue weighted by atomic mass is 32.1. The van der Waals surface area contributed by atoms with Gasteiger partial charge in [0, 0.05) is 0 Å². The zero-order valence-electron chi connectivity index (χ0n) is 11.4. The standard InChI is InChI=1S/C13H17N3O3S/c1-2-19-13(17)11-10(9(7-14)12(15)20-11)8-16-3-5-18-6-4-16/h2-6,8,15H2,1H3/p+1. The Bertz CT molecular complexity index is 530. The van der Waals surface area contributed by atoms with Gasteiger partial charge < -0.3 is 20.1 Å². The Hall–Kier alpha value is -1.62. The van der Waals surface area contributed by atoms with Gasteiger partial charge in [0.25, 0.3) is 0 Å². The van der Waals surface area contributed by atoms with Gasteiger partial charge in [0.2, 0.25) is 0 Å². The maximum Gasteiger partial charge on any atom is 0.348 e. The Morgan fingerprint density at radius 1 is 1.55 bits per heavy atom. The van der Waals surface area contributed by atoms with E-state index in [1.54, 1.807) is 6.92 Å². The summed E-state index contributed by atoms with van der Waals surface area (Å²) < 4.78 is 10.4. The Morgan fingerprint density at radius 3 is 2.85 bits per heavy atom. The third-order valence-corrected chi connectivity index (χ3v) is 4.27. The van der Waals surface area contributed by atoms with E-state index in [4.69, 9.17) is 15.2 Å². The normalized spacial score (nSPS) is 15.8. The summed E-state index contributed by atoms with van der Waals surface area (Å²) in [5.74, 6) is -0.395. The molecule has 0 atom stereocenters. The van der Waals surface area contributed by atoms with Gasteiger partial charge in [-0.3, -0.25) is 0 Å². The van der Waals surface area contributed by atoms with Crippen molar-refractivity contribution in [3.8, 4) is 6.07 Å². The molecule has 0 spiro atoms. The second kappa shape index (κ2) is 6.70. The van der Waals surface area contributed by atoms with Crippen LogP contribution in [0, 0.1) is 11.3 Å². The van der Waals surface area contributed by atoms with Crippen molar-refractivity contribution in [2.45, 2.75) is 13.5 Å². The Morgan fingerprint density at radius 2 is 2.25 bits per heavy atom. The number of nitrogens with zero attached hydrogens (tertiary/aromatic N) is 1. The third-order valence-electron chi connectivity index (χ3n) is 3.23. The second-order valence-electron chi connectivity index (χ2n) is 4.52. The number of hydrogen-bond acceptors (Lipinski definition) is 6. The summed E-state index contributed by atoms with van der Waals surface area (Å²) in [7, 11) is 0. The van der Waals surface area contributed by atoms with Crippen LogP contribution < -0.4 is 10.6 Å². The van der Waals surface area contributed by atoms with Crippen molar-refractivity contribution in [2.75, 3.05) is 38.6 Å². The molecule has 7 heteroatoms. The first-order chi connectivity index (χ1) is 9.67. The zero-order chi connectivity index (χ0) is 14.5. The summed E-state index contributed by atoms with van der Waals surface area (Å²) in [5, 5.41) is 9.63. The SMILES string of the molecule is CCOC(=O)c1sc(N)c(C#N)c1C[NH+]1CCOCC1. The number of nitriles is 1. The Balaban J connectivity index is 2.28. The van der Waals surface area contributed by atoms with Crippen molar-refractivity contribution in [3.63, 3.8) is 0 Å². The first-order valence-electron chi connectivity index (χ1n) is 6.57. The number of morpholine rings is 1. The Labute approximate surface area is 121 Å². The molecule has 1 aliphatic heterocycles. The largest absolute Gasteiger partial charge is 0.462 e. The van der Waals surface area contributed by atoms with Crippen LogP contribution >= 0.6 is 11.3 Å². The lowest BCUT2D eigenvalue weighted by atomic mass is 10.1. The van der Waals surface area contributed by atoms with E-state index in [1.807, 2.05) is 0 Å². The van der Waals surface area contributed by atoms with Crippen molar-refractivity contribution in [2.24, 2.45) is 0 Å². The van der Waals surface area contributed by atoms with Gasteiger partial charge in [-0.25, -0.2) is 4.79 Å². The molecule has 6 nitrogen and oxygen atoms in total. The molecule has 0 unspecified atom stereocenters. The molecule has 0 aromatic carbocycles. The third kappa shape index (κ3) is 3.10. The highest BCUT2D eigenvalue weighted by Crippen LogP contribution is 2.30. The fourth-order valence-corrected chi connectivity index (χ4v) is 3.15. The lowest BCUT2D eigenvalue weighted by molar-refractivity contribution is -0.921. The first kappa shape index (κ1) is 14.8. The van der Waals surface area contributed by atoms with E-state index in [0.29, 0.717) is 47.4 Å². The van der Waals surface area contributed by atoms with Crippen LogP contribution in [0.5, 0.6) is 0 Å². The number of esters is 1. The summed E-state index contributed by atoms with van der Waals surface area (Å²) in [6, 6.07) is 2.10. The molecular formula is C13H18N3O3S+. The number of carbonyl (C=O) groups is 1. The van der Waals surface area contributed by atoms with Crippen LogP contribution in [0.25, 0.3) is 0 Å². The molecule has 0 amide bonds. The number of nitrogens with one attached hydrogen (secondary N) is 1. The van der Waals surface area contributed by atoms with Gasteiger partial charge in [-0.1, -0.05) is 0 Å². The molecule has 1 fully saturated rings. The average molecular weight is 296 g/mol. The van der Waals surface area contributed by atoms with E-state index in [1.165, 1.54) is 4.90 Å². The molecule has 1 aliphatic rings. The Kier molecular flexibility index (Phi) is 4.95. The van der Waals surface area contributed by atoms with Gasteiger partial charge >= 0.3 is 5.97 Å². The van der Waals surface area contributed by atoms with Gasteiger partial charge in [0.15, 0.2) is 0 Å². The predicted octanol–water partition coefficient (Wildman–Crippen LogP) is -0.206. The van der Waals surface area contributed by atoms with Gasteiger partial charge in [-0.15, -0.1) is 11.3 Å². The number of anilines is 1. The lowest BCUT2D eigenvalue weighted by Gasteiger charge is -2.23. The van der Waals surface area contributed by atoms with E-state index in [2.05, 4.69) is 6.07 Å². The molecule has 1 saturated heterocycles. The maximum absolute atomic E-state index is 12.0. The van der Waals surface area contributed by atoms with Crippen molar-refractivity contribution >= 4 is 22.3 Å². The van der Waals surface area contributed by atoms with Crippen molar-refractivity contribution in [3.05, 3.63) is 16.0 Å². The van der Waals surface area contributed by atoms with Crippen LogP contribution in [0.1, 0.15) is 27.7 Å². The van der Waals surface area contributed by atoms with E-state index in [-0.39, 0.29) is 0 Å². The fourth-order valence-electron chi connectivity index (χ4n) is 2.22. The van der Waals surface area contributed by atoms with E-state index in [0.717, 1.165) is 24.4 Å². The minimum Gasteiger partial charge on any atom is -0.462 e. The fraction of sp³-hybridized carbons (Fsp3) is 0.538. The van der Waals surface area contributed by atoms with E-state index < -0.39 is 5.97 Å². The number of nitrogen functional groups attached to an aromatic ring is 1. The van der Waals surface area contributed by atoms with E-state index in [9.17, 15) is 10.1 Å². The number of nitrogens with two attached hydrogens (primary N) is 1. The summed E-state index contributed by atoms with van der Waals surface area (Å²) in [6.07, 6.45) is 0. The number of ether oxygens (including phenoxy) is 2. The van der Waals surface area contributed by atoms with Crippen LogP contribution in [-0.2, 0) is 16.0 Å². The summed E-state index contributed by atoms with van der Waals surface area (Å²) in [5.41, 5.74) is 6.97. The molecule has 108 valence electrons. The molecule has 2 rings (SSSR count). The quantitative estimate of drug-likeness (QED) is 0.751. The molecular weight excluding hydrogens is 278 g/mol. The monoisotopic (exact) mass is 296 g/mol. The lowest BCUT2D eigenvalue weighted by Crippen LogP contribution is -3.12. The van der Waals surface area contributed by atoms with E-state index >= 15 is 0 Å². The number of hydrogen-bond donors (Lipinski definition) is 2. The molecule has 1 aromatic rings. The zero-order valence-corrected chi connectivity index (χ0v) is 12.2. The topological polar surface area (TPSA) is 89.8 Å². The number of thiophene rings is 1. The van der Waals surface area contributed by atoms with Crippen LogP contribution in [0.4, 0.5) is 5.00 Å². The van der Waals surface area contributed by atoms with Crippen molar-refractivity contribution < 1.29 is 19.2 Å². The molecule has 20 heavy (non-hydrogen) atoms. The molecule has 2 heterocycles. The highest BCUT2D eigenvalue weighted by molar-refractivity contribution is 7.18. The van der Waals surface area contributed by atoms with Gasteiger partial charge in [-0.2, -0.15) is 5.26 Å². The molecule has 3 N–H and O–H groups in total. The molecule has 0 aliphatic carbocycles. The average Bonchev–Trinajstić information content (AvgIpc) is 2.76. The van der Waals surface area contributed by atoms with Crippen LogP contribution in [-0.4, -0.2) is 38.9 Å². The van der Waals surface area contributed by atoms with Crippen molar-refractivity contribution in [1.29, 1.82) is 5.26 Å². The minimum atomic E-state index is -0.395. The number of rotatable bonds is 4. The summed E-state index contributed by atoms with van der Waals surface area (Å²) in [6.45, 7) is 5.80. The highest BCUT2D eigenvalue weighted by Gasteiger charge is 2.26. The van der Waals surface area contributed by atoms with Crippen LogP contribution in [0.2, 0.25) is 0 Å². The number of carbonyl (C=O) groups excluding carboxylic acids is 1. The van der Waals surface area contributed by atoms with Crippen LogP contribution in [0.15, 0.2) is 0 Å². The van der Waals surface area contributed by atoms with Crippen LogP contribution in [0.3, 0.4) is 0 Å². The predicted molar refractivity (Wildman–Crippen MR) is 74.6 cm³/mol. The molecule has 0 bridgehead atoms. The molecule has 1 aromatic heterocycles. The smallest absolute Gasteiger partial charge is 0.348 e. The van der Waals surface area contributed by atoms with Gasteiger partial charge in [0.1, 0.15) is 35.6 Å². The van der Waals surface area contributed by atoms with Gasteiger partial charge in [-0.05, 0) is 6.92 Å². The van der Waals surface area contributed by atoms with Gasteiger partial charge in [0.05, 0.1) is 30.9 Å². The maximum atomic E-state index is 12.0. The first-order valence-corrected chi connectivity index (χ1v) is 7.38. The summed E-state index contributed by atoms with van der Waals surface area (Å²) >= 11 is 1.14. The molecule has 0 radical (unpaired) electrons.